The van der Waals surface area contributed by atoms with E-state index in [0.717, 1.165) is 52.2 Å². The Morgan fingerprint density at radius 1 is 1.06 bits per heavy atom. The van der Waals surface area contributed by atoms with Crippen LogP contribution in [0.1, 0.15) is 38.3 Å². The monoisotopic (exact) mass is 442 g/mol. The molecule has 0 fully saturated rings. The van der Waals surface area contributed by atoms with Crippen molar-refractivity contribution in [1.29, 1.82) is 0 Å². The van der Waals surface area contributed by atoms with Crippen molar-refractivity contribution in [2.45, 2.75) is 39.3 Å². The molecule has 0 bridgehead atoms. The number of H-pyrrole nitrogens is 1. The first-order valence-electron chi connectivity index (χ1n) is 11.2. The number of ether oxygens (including phenoxy) is 1. The van der Waals surface area contributed by atoms with Crippen LogP contribution in [0.5, 0.6) is 5.75 Å². The summed E-state index contributed by atoms with van der Waals surface area (Å²) >= 11 is 0. The predicted octanol–water partition coefficient (Wildman–Crippen LogP) is 4.29. The third kappa shape index (κ3) is 4.24. The average molecular weight is 443 g/mol. The van der Waals surface area contributed by atoms with E-state index in [0.29, 0.717) is 12.6 Å². The van der Waals surface area contributed by atoms with Gasteiger partial charge in [-0.05, 0) is 31.0 Å². The molecular weight excluding hydrogens is 414 g/mol. The van der Waals surface area contributed by atoms with E-state index in [4.69, 9.17) is 9.72 Å². The van der Waals surface area contributed by atoms with Gasteiger partial charge in [-0.15, -0.1) is 0 Å². The number of aromatic amines is 1. The van der Waals surface area contributed by atoms with Gasteiger partial charge in [0, 0.05) is 35.6 Å². The van der Waals surface area contributed by atoms with Crippen molar-refractivity contribution in [3.8, 4) is 28.3 Å². The number of nitrogens with zero attached hydrogens (tertiary/aromatic N) is 6. The zero-order valence-electron chi connectivity index (χ0n) is 19.1. The lowest BCUT2D eigenvalue weighted by atomic mass is 10.2. The van der Waals surface area contributed by atoms with Gasteiger partial charge in [0.15, 0.2) is 0 Å². The molecule has 168 valence electrons. The first-order chi connectivity index (χ1) is 16.1. The first kappa shape index (κ1) is 20.9. The second kappa shape index (κ2) is 8.90. The van der Waals surface area contributed by atoms with Crippen LogP contribution in [-0.2, 0) is 6.54 Å². The highest BCUT2D eigenvalue weighted by Gasteiger charge is 2.20. The van der Waals surface area contributed by atoms with Crippen LogP contribution >= 0.6 is 0 Å². The molecule has 0 unspecified atom stereocenters. The highest BCUT2D eigenvalue weighted by Crippen LogP contribution is 2.25. The Morgan fingerprint density at radius 2 is 1.88 bits per heavy atom. The van der Waals surface area contributed by atoms with Crippen LogP contribution in [0.4, 0.5) is 0 Å². The third-order valence-electron chi connectivity index (χ3n) is 5.91. The Balaban J connectivity index is 1.46. The van der Waals surface area contributed by atoms with Gasteiger partial charge in [0.05, 0.1) is 32.2 Å². The molecule has 5 rings (SSSR count). The van der Waals surface area contributed by atoms with Crippen LogP contribution in [0.15, 0.2) is 67.5 Å². The van der Waals surface area contributed by atoms with Gasteiger partial charge in [-0.1, -0.05) is 30.0 Å². The third-order valence-corrected chi connectivity index (χ3v) is 5.91. The Hall–Kier alpha value is -3.94. The smallest absolute Gasteiger partial charge is 0.263 e. The van der Waals surface area contributed by atoms with Gasteiger partial charge in [-0.2, -0.15) is 15.3 Å². The summed E-state index contributed by atoms with van der Waals surface area (Å²) in [6.45, 7) is 5.07. The maximum Gasteiger partial charge on any atom is 0.263 e. The van der Waals surface area contributed by atoms with Crippen molar-refractivity contribution in [3.63, 3.8) is 0 Å². The molecule has 8 heteroatoms. The fraction of sp³-hybridized carbons (Fsp3) is 0.280. The number of nitrogens with one attached hydrogen (secondary N) is 1. The number of rotatable bonds is 8. The standard InChI is InChI=1S/C25H27N7O/c1-4-5-18(2)31-16-21(13-28-31)25-24-10-11-26-32(24)17-23(29-25)20-12-27-30(15-20)14-19-6-8-22(33-3)9-7-19/h6-13,15-18H,4-5,14H2,1-3H3/p+1/t18-/m0/s1. The number of hydrogen-bond acceptors (Lipinski definition) is 4. The summed E-state index contributed by atoms with van der Waals surface area (Å²) in [4.78, 5) is 5.01. The molecule has 1 aromatic carbocycles. The SMILES string of the molecule is CCC[C@H](C)n1cc(-c2nc(-c3cnn(Cc4ccc(OC)cc4)c3)c[n+]3[nH]ccc23)cn1. The molecule has 0 saturated heterocycles. The van der Waals surface area contributed by atoms with Crippen molar-refractivity contribution < 1.29 is 9.25 Å². The van der Waals surface area contributed by atoms with Crippen molar-refractivity contribution in [2.24, 2.45) is 0 Å². The van der Waals surface area contributed by atoms with Crippen LogP contribution in [-0.4, -0.2) is 36.8 Å². The van der Waals surface area contributed by atoms with Gasteiger partial charge in [0.2, 0.25) is 6.20 Å². The number of aromatic nitrogens is 7. The number of benzene rings is 1. The second-order valence-corrected chi connectivity index (χ2v) is 8.31. The minimum atomic E-state index is 0.359. The summed E-state index contributed by atoms with van der Waals surface area (Å²) in [5.74, 6) is 0.848. The molecule has 5 aromatic rings. The molecule has 0 radical (unpaired) electrons. The highest BCUT2D eigenvalue weighted by atomic mass is 16.5. The minimum absolute atomic E-state index is 0.359. The zero-order valence-corrected chi connectivity index (χ0v) is 19.1. The molecule has 0 aliphatic rings. The molecule has 4 heterocycles. The molecule has 33 heavy (non-hydrogen) atoms. The van der Waals surface area contributed by atoms with E-state index in [1.807, 2.05) is 63.1 Å². The maximum atomic E-state index is 5.24. The summed E-state index contributed by atoms with van der Waals surface area (Å²) in [6.07, 6.45) is 14.0. The average Bonchev–Trinajstić information content (AvgIpc) is 3.59. The molecule has 0 spiro atoms. The summed E-state index contributed by atoms with van der Waals surface area (Å²) in [5.41, 5.74) is 5.86. The van der Waals surface area contributed by atoms with Gasteiger partial charge in [0.25, 0.3) is 5.52 Å². The van der Waals surface area contributed by atoms with Crippen LogP contribution in [0.2, 0.25) is 0 Å². The normalized spacial score (nSPS) is 12.3. The van der Waals surface area contributed by atoms with E-state index in [1.165, 1.54) is 0 Å². The Bertz CT molecular complexity index is 1360. The molecule has 1 atom stereocenters. The van der Waals surface area contributed by atoms with E-state index in [-0.39, 0.29) is 0 Å². The highest BCUT2D eigenvalue weighted by molar-refractivity contribution is 5.74. The van der Waals surface area contributed by atoms with Crippen molar-refractivity contribution in [1.82, 2.24) is 29.6 Å². The fourth-order valence-electron chi connectivity index (χ4n) is 4.08. The van der Waals surface area contributed by atoms with Gasteiger partial charge in [-0.3, -0.25) is 9.36 Å². The Morgan fingerprint density at radius 3 is 2.67 bits per heavy atom. The lowest BCUT2D eigenvalue weighted by molar-refractivity contribution is -0.576. The largest absolute Gasteiger partial charge is 0.497 e. The van der Waals surface area contributed by atoms with E-state index >= 15 is 0 Å². The van der Waals surface area contributed by atoms with Gasteiger partial charge in [0.1, 0.15) is 17.1 Å². The van der Waals surface area contributed by atoms with Gasteiger partial charge in [-0.25, -0.2) is 4.98 Å². The minimum Gasteiger partial charge on any atom is -0.497 e. The molecule has 0 aliphatic carbocycles. The lowest BCUT2D eigenvalue weighted by Crippen LogP contribution is -2.24. The first-order valence-corrected chi connectivity index (χ1v) is 11.2. The Kier molecular flexibility index (Phi) is 5.64. The van der Waals surface area contributed by atoms with E-state index < -0.39 is 0 Å². The van der Waals surface area contributed by atoms with Gasteiger partial charge >= 0.3 is 0 Å². The number of methoxy groups -OCH3 is 1. The molecule has 0 saturated carbocycles. The van der Waals surface area contributed by atoms with E-state index in [2.05, 4.69) is 47.5 Å². The maximum absolute atomic E-state index is 5.24. The number of fused-ring (bicyclic) bond motifs is 1. The summed E-state index contributed by atoms with van der Waals surface area (Å²) in [5, 5.41) is 12.4. The van der Waals surface area contributed by atoms with E-state index in [9.17, 15) is 0 Å². The molecule has 4 aromatic heterocycles. The lowest BCUT2D eigenvalue weighted by Gasteiger charge is -2.09. The quantitative estimate of drug-likeness (QED) is 0.364. The molecule has 0 amide bonds. The zero-order chi connectivity index (χ0) is 22.8. The summed E-state index contributed by atoms with van der Waals surface area (Å²) in [7, 11) is 1.67. The summed E-state index contributed by atoms with van der Waals surface area (Å²) in [6, 6.07) is 10.4. The summed E-state index contributed by atoms with van der Waals surface area (Å²) < 4.78 is 11.2. The fourth-order valence-corrected chi connectivity index (χ4v) is 4.08. The molecular formula is C25H28N7O+. The predicted molar refractivity (Wildman–Crippen MR) is 126 cm³/mol. The van der Waals surface area contributed by atoms with Crippen molar-refractivity contribution in [3.05, 3.63) is 73.1 Å². The van der Waals surface area contributed by atoms with Crippen LogP contribution in [0, 0.1) is 0 Å². The van der Waals surface area contributed by atoms with E-state index in [1.54, 1.807) is 7.11 Å². The van der Waals surface area contributed by atoms with Gasteiger partial charge < -0.3 is 4.74 Å². The van der Waals surface area contributed by atoms with Crippen LogP contribution < -0.4 is 9.25 Å². The molecule has 0 aliphatic heterocycles. The topological polar surface area (TPSA) is 77.7 Å². The van der Waals surface area contributed by atoms with Crippen molar-refractivity contribution >= 4 is 5.52 Å². The Labute approximate surface area is 192 Å². The van der Waals surface area contributed by atoms with Crippen LogP contribution in [0.25, 0.3) is 28.0 Å². The second-order valence-electron chi connectivity index (χ2n) is 8.31. The molecule has 8 nitrogen and oxygen atoms in total. The van der Waals surface area contributed by atoms with Crippen LogP contribution in [0.3, 0.4) is 0 Å². The molecule has 1 N–H and O–H groups in total. The number of hydrogen-bond donors (Lipinski definition) is 1. The van der Waals surface area contributed by atoms with Crippen molar-refractivity contribution in [2.75, 3.05) is 7.11 Å².